The molecule has 7 heteroatoms. The fourth-order valence-electron chi connectivity index (χ4n) is 3.54. The molecule has 1 aromatic heterocycles. The Morgan fingerprint density at radius 2 is 2.00 bits per heavy atom. The summed E-state index contributed by atoms with van der Waals surface area (Å²) in [4.78, 5) is 12.4. The number of halogens is 1. The second-order valence-corrected chi connectivity index (χ2v) is 8.78. The fourth-order valence-corrected chi connectivity index (χ4v) is 4.49. The Bertz CT molecular complexity index is 786. The van der Waals surface area contributed by atoms with Crippen molar-refractivity contribution >= 4 is 17.7 Å². The van der Waals surface area contributed by atoms with Crippen LogP contribution >= 0.6 is 11.8 Å². The van der Waals surface area contributed by atoms with Crippen LogP contribution in [0.3, 0.4) is 0 Å². The number of nitrogens with one attached hydrogen (secondary N) is 1. The minimum atomic E-state index is -0.204. The summed E-state index contributed by atoms with van der Waals surface area (Å²) in [7, 11) is 0. The van der Waals surface area contributed by atoms with Crippen molar-refractivity contribution in [2.45, 2.75) is 70.0 Å². The SMILES string of the molecule is CC(C)Cn1c(CNC(=O)C2CCCCC2)nnc1SCc1ccccc1F. The number of thioether (sulfide) groups is 1. The van der Waals surface area contributed by atoms with Gasteiger partial charge in [0.2, 0.25) is 5.91 Å². The van der Waals surface area contributed by atoms with Crippen LogP contribution in [-0.4, -0.2) is 20.7 Å². The molecule has 0 aliphatic heterocycles. The van der Waals surface area contributed by atoms with Gasteiger partial charge in [0.1, 0.15) is 5.82 Å². The Labute approximate surface area is 170 Å². The van der Waals surface area contributed by atoms with Crippen LogP contribution in [0.1, 0.15) is 57.3 Å². The van der Waals surface area contributed by atoms with Crippen LogP contribution in [-0.2, 0) is 23.6 Å². The van der Waals surface area contributed by atoms with Gasteiger partial charge in [-0.2, -0.15) is 0 Å². The van der Waals surface area contributed by atoms with Gasteiger partial charge in [-0.05, 0) is 30.4 Å². The van der Waals surface area contributed by atoms with Crippen molar-refractivity contribution in [2.24, 2.45) is 11.8 Å². The summed E-state index contributed by atoms with van der Waals surface area (Å²) in [5.41, 5.74) is 0.652. The van der Waals surface area contributed by atoms with Gasteiger partial charge in [-0.15, -0.1) is 10.2 Å². The first-order chi connectivity index (χ1) is 13.5. The maximum Gasteiger partial charge on any atom is 0.223 e. The topological polar surface area (TPSA) is 59.8 Å². The van der Waals surface area contributed by atoms with E-state index >= 15 is 0 Å². The van der Waals surface area contributed by atoms with Crippen LogP contribution in [0.15, 0.2) is 29.4 Å². The summed E-state index contributed by atoms with van der Waals surface area (Å²) in [6.45, 7) is 5.42. The fraction of sp³-hybridized carbons (Fsp3) is 0.571. The maximum absolute atomic E-state index is 13.9. The van der Waals surface area contributed by atoms with Crippen molar-refractivity contribution in [1.29, 1.82) is 0 Å². The second-order valence-electron chi connectivity index (χ2n) is 7.84. The molecule has 1 heterocycles. The molecule has 1 fully saturated rings. The van der Waals surface area contributed by atoms with Crippen LogP contribution in [0, 0.1) is 17.7 Å². The third-order valence-electron chi connectivity index (χ3n) is 5.05. The molecule has 2 aromatic rings. The Morgan fingerprint density at radius 1 is 1.25 bits per heavy atom. The number of hydrogen-bond acceptors (Lipinski definition) is 4. The number of carbonyl (C=O) groups excluding carboxylic acids is 1. The van der Waals surface area contributed by atoms with Crippen LogP contribution in [0.4, 0.5) is 4.39 Å². The maximum atomic E-state index is 13.9. The lowest BCUT2D eigenvalue weighted by atomic mass is 9.89. The highest BCUT2D eigenvalue weighted by molar-refractivity contribution is 7.98. The summed E-state index contributed by atoms with van der Waals surface area (Å²) >= 11 is 1.48. The van der Waals surface area contributed by atoms with Crippen molar-refractivity contribution in [2.75, 3.05) is 0 Å². The number of carbonyl (C=O) groups is 1. The molecule has 1 aliphatic carbocycles. The van der Waals surface area contributed by atoms with Gasteiger partial charge >= 0.3 is 0 Å². The van der Waals surface area contributed by atoms with Gasteiger partial charge in [-0.3, -0.25) is 4.79 Å². The molecule has 152 valence electrons. The molecule has 0 bridgehead atoms. The van der Waals surface area contributed by atoms with Gasteiger partial charge in [0.15, 0.2) is 11.0 Å². The van der Waals surface area contributed by atoms with Crippen molar-refractivity contribution in [3.05, 3.63) is 41.5 Å². The molecular formula is C21H29FN4OS. The molecule has 1 aliphatic rings. The molecule has 1 aromatic carbocycles. The normalized spacial score (nSPS) is 15.1. The molecule has 0 unspecified atom stereocenters. The lowest BCUT2D eigenvalue weighted by Crippen LogP contribution is -2.32. The molecule has 1 amide bonds. The third kappa shape index (κ3) is 5.56. The Morgan fingerprint density at radius 3 is 2.71 bits per heavy atom. The highest BCUT2D eigenvalue weighted by atomic mass is 32.2. The average Bonchev–Trinajstić information content (AvgIpc) is 3.07. The zero-order chi connectivity index (χ0) is 19.9. The number of benzene rings is 1. The van der Waals surface area contributed by atoms with E-state index in [1.165, 1.54) is 24.2 Å². The molecule has 0 atom stereocenters. The first-order valence-corrected chi connectivity index (χ1v) is 11.1. The van der Waals surface area contributed by atoms with Crippen LogP contribution < -0.4 is 5.32 Å². The van der Waals surface area contributed by atoms with Gasteiger partial charge in [-0.1, -0.05) is 63.1 Å². The summed E-state index contributed by atoms with van der Waals surface area (Å²) in [5, 5.41) is 12.4. The number of amides is 1. The van der Waals surface area contributed by atoms with E-state index in [0.29, 0.717) is 23.8 Å². The quantitative estimate of drug-likeness (QED) is 0.655. The third-order valence-corrected chi connectivity index (χ3v) is 6.07. The van der Waals surface area contributed by atoms with E-state index in [2.05, 4.69) is 33.9 Å². The number of nitrogens with zero attached hydrogens (tertiary/aromatic N) is 3. The highest BCUT2D eigenvalue weighted by Gasteiger charge is 2.22. The van der Waals surface area contributed by atoms with Crippen molar-refractivity contribution < 1.29 is 9.18 Å². The zero-order valence-electron chi connectivity index (χ0n) is 16.7. The predicted molar refractivity (Wildman–Crippen MR) is 109 cm³/mol. The van der Waals surface area contributed by atoms with E-state index in [1.807, 2.05) is 6.07 Å². The zero-order valence-corrected chi connectivity index (χ0v) is 17.5. The van der Waals surface area contributed by atoms with Gasteiger partial charge in [0.05, 0.1) is 6.54 Å². The Hall–Kier alpha value is -1.89. The van der Waals surface area contributed by atoms with E-state index in [1.54, 1.807) is 12.1 Å². The minimum Gasteiger partial charge on any atom is -0.349 e. The standard InChI is InChI=1S/C21H29FN4OS/c1-15(2)13-26-19(12-23-20(27)16-8-4-3-5-9-16)24-25-21(26)28-14-17-10-6-7-11-18(17)22/h6-7,10-11,15-16H,3-5,8-9,12-14H2,1-2H3,(H,23,27). The van der Waals surface area contributed by atoms with E-state index < -0.39 is 0 Å². The van der Waals surface area contributed by atoms with Crippen LogP contribution in [0.25, 0.3) is 0 Å². The molecule has 28 heavy (non-hydrogen) atoms. The summed E-state index contributed by atoms with van der Waals surface area (Å²) in [6, 6.07) is 6.79. The van der Waals surface area contributed by atoms with Gasteiger partial charge in [0, 0.05) is 18.2 Å². The lowest BCUT2D eigenvalue weighted by molar-refractivity contribution is -0.126. The second kappa shape index (κ2) is 10.0. The molecule has 3 rings (SSSR count). The summed E-state index contributed by atoms with van der Waals surface area (Å²) < 4.78 is 15.9. The van der Waals surface area contributed by atoms with E-state index in [-0.39, 0.29) is 17.6 Å². The first-order valence-electron chi connectivity index (χ1n) is 10.1. The summed E-state index contributed by atoms with van der Waals surface area (Å²) in [5.74, 6) is 1.72. The molecule has 0 saturated heterocycles. The molecule has 1 saturated carbocycles. The number of hydrogen-bond donors (Lipinski definition) is 1. The largest absolute Gasteiger partial charge is 0.349 e. The van der Waals surface area contributed by atoms with Crippen molar-refractivity contribution in [3.8, 4) is 0 Å². The Balaban J connectivity index is 1.65. The molecule has 0 spiro atoms. The molecule has 0 radical (unpaired) electrons. The van der Waals surface area contributed by atoms with E-state index in [9.17, 15) is 9.18 Å². The number of aromatic nitrogens is 3. The molecule has 1 N–H and O–H groups in total. The first kappa shape index (κ1) is 20.8. The minimum absolute atomic E-state index is 0.124. The average molecular weight is 405 g/mol. The van der Waals surface area contributed by atoms with Crippen molar-refractivity contribution in [1.82, 2.24) is 20.1 Å². The van der Waals surface area contributed by atoms with E-state index in [0.717, 1.165) is 43.2 Å². The molecule has 5 nitrogen and oxygen atoms in total. The smallest absolute Gasteiger partial charge is 0.223 e. The van der Waals surface area contributed by atoms with Crippen LogP contribution in [0.2, 0.25) is 0 Å². The van der Waals surface area contributed by atoms with Gasteiger partial charge in [0.25, 0.3) is 0 Å². The van der Waals surface area contributed by atoms with Gasteiger partial charge in [-0.25, -0.2) is 4.39 Å². The Kier molecular flexibility index (Phi) is 7.48. The van der Waals surface area contributed by atoms with Crippen molar-refractivity contribution in [3.63, 3.8) is 0 Å². The predicted octanol–water partition coefficient (Wildman–Crippen LogP) is 4.56. The van der Waals surface area contributed by atoms with Gasteiger partial charge < -0.3 is 9.88 Å². The van der Waals surface area contributed by atoms with E-state index in [4.69, 9.17) is 0 Å². The lowest BCUT2D eigenvalue weighted by Gasteiger charge is -2.20. The summed E-state index contributed by atoms with van der Waals surface area (Å²) in [6.07, 6.45) is 5.47. The highest BCUT2D eigenvalue weighted by Crippen LogP contribution is 2.25. The monoisotopic (exact) mass is 404 g/mol. The number of rotatable bonds is 8. The van der Waals surface area contributed by atoms with Crippen LogP contribution in [0.5, 0.6) is 0 Å². The molecular weight excluding hydrogens is 375 g/mol.